The molecule has 5 nitrogen and oxygen atoms in total. The topological polar surface area (TPSA) is 45.2 Å². The molecule has 0 radical (unpaired) electrons. The van der Waals surface area contributed by atoms with Crippen molar-refractivity contribution in [2.75, 3.05) is 36.0 Å². The van der Waals surface area contributed by atoms with Crippen LogP contribution in [0.25, 0.3) is 0 Å². The van der Waals surface area contributed by atoms with Gasteiger partial charge in [0.25, 0.3) is 0 Å². The van der Waals surface area contributed by atoms with Crippen molar-refractivity contribution in [3.05, 3.63) is 42.6 Å². The Balaban J connectivity index is 1.48. The van der Waals surface area contributed by atoms with Crippen molar-refractivity contribution in [2.24, 2.45) is 11.8 Å². The summed E-state index contributed by atoms with van der Waals surface area (Å²) in [5.74, 6) is 2.56. The Morgan fingerprint density at radius 1 is 0.952 bits per heavy atom. The van der Waals surface area contributed by atoms with E-state index >= 15 is 0 Å². The number of fused-ring (bicyclic) bond motifs is 1. The van der Waals surface area contributed by atoms with Crippen LogP contribution in [0.2, 0.25) is 0 Å². The molecular weight excluding hydrogens is 262 g/mol. The van der Waals surface area contributed by atoms with E-state index in [4.69, 9.17) is 0 Å². The van der Waals surface area contributed by atoms with Gasteiger partial charge in [-0.3, -0.25) is 4.98 Å². The van der Waals surface area contributed by atoms with Crippen LogP contribution >= 0.6 is 0 Å². The third-order valence-corrected chi connectivity index (χ3v) is 4.68. The van der Waals surface area contributed by atoms with Gasteiger partial charge in [-0.25, -0.2) is 9.97 Å². The molecule has 4 rings (SSSR count). The largest absolute Gasteiger partial charge is 0.371 e. The maximum Gasteiger partial charge on any atom is 0.134 e. The van der Waals surface area contributed by atoms with Crippen LogP contribution in [0.15, 0.2) is 37.1 Å². The van der Waals surface area contributed by atoms with Crippen LogP contribution in [0.3, 0.4) is 0 Å². The van der Waals surface area contributed by atoms with Crippen molar-refractivity contribution in [3.8, 4) is 0 Å². The summed E-state index contributed by atoms with van der Waals surface area (Å²) >= 11 is 0. The molecule has 0 aliphatic carbocycles. The molecule has 0 amide bonds. The average Bonchev–Trinajstić information content (AvgIpc) is 3.07. The molecule has 2 aliphatic heterocycles. The molecule has 2 fully saturated rings. The van der Waals surface area contributed by atoms with Crippen LogP contribution in [-0.4, -0.2) is 41.1 Å². The van der Waals surface area contributed by atoms with Crippen LogP contribution in [0.1, 0.15) is 5.56 Å². The lowest BCUT2D eigenvalue weighted by Crippen LogP contribution is -2.29. The second-order valence-corrected chi connectivity index (χ2v) is 6.06. The minimum Gasteiger partial charge on any atom is -0.371 e. The van der Waals surface area contributed by atoms with Gasteiger partial charge in [0.15, 0.2) is 0 Å². The van der Waals surface area contributed by atoms with Crippen LogP contribution < -0.4 is 9.80 Å². The molecule has 2 aliphatic rings. The normalized spacial score (nSPS) is 24.4. The summed E-state index contributed by atoms with van der Waals surface area (Å²) in [6.45, 7) is 6.56. The van der Waals surface area contributed by atoms with E-state index in [1.54, 1.807) is 6.33 Å². The number of pyridine rings is 1. The molecule has 4 heterocycles. The average molecular weight is 281 g/mol. The lowest BCUT2D eigenvalue weighted by molar-refractivity contribution is 0.533. The zero-order valence-corrected chi connectivity index (χ0v) is 12.2. The Bertz CT molecular complexity index is 616. The molecular formula is C16H19N5. The molecule has 0 aromatic carbocycles. The van der Waals surface area contributed by atoms with E-state index in [9.17, 15) is 0 Å². The molecule has 21 heavy (non-hydrogen) atoms. The summed E-state index contributed by atoms with van der Waals surface area (Å²) in [6, 6.07) is 4.21. The Labute approximate surface area is 124 Å². The number of nitrogens with zero attached hydrogens (tertiary/aromatic N) is 5. The first-order chi connectivity index (χ1) is 10.3. The maximum absolute atomic E-state index is 4.46. The van der Waals surface area contributed by atoms with Gasteiger partial charge in [0.2, 0.25) is 0 Å². The van der Waals surface area contributed by atoms with Crippen molar-refractivity contribution in [2.45, 2.75) is 6.92 Å². The van der Waals surface area contributed by atoms with Crippen molar-refractivity contribution >= 4 is 11.5 Å². The standard InChI is InChI=1S/C16H19N5/c1-12-6-18-11-19-16(12)21-9-13-7-20(8-14(13)10-21)15-2-4-17-5-3-15/h2-6,11,13-14H,7-10H2,1H3. The van der Waals surface area contributed by atoms with E-state index in [-0.39, 0.29) is 0 Å². The highest BCUT2D eigenvalue weighted by molar-refractivity contribution is 5.50. The SMILES string of the molecule is Cc1cncnc1N1CC2CN(c3ccncc3)CC2C1. The first-order valence-corrected chi connectivity index (χ1v) is 7.48. The molecule has 2 aromatic rings. The number of hydrogen-bond acceptors (Lipinski definition) is 5. The van der Waals surface area contributed by atoms with E-state index in [0.29, 0.717) is 0 Å². The van der Waals surface area contributed by atoms with Gasteiger partial charge in [0.1, 0.15) is 12.1 Å². The molecule has 0 bridgehead atoms. The van der Waals surface area contributed by atoms with Gasteiger partial charge in [-0.1, -0.05) is 0 Å². The lowest BCUT2D eigenvalue weighted by atomic mass is 10.0. The summed E-state index contributed by atoms with van der Waals surface area (Å²) in [5, 5.41) is 0. The van der Waals surface area contributed by atoms with Gasteiger partial charge in [0, 0.05) is 67.9 Å². The highest BCUT2D eigenvalue weighted by atomic mass is 15.3. The van der Waals surface area contributed by atoms with Gasteiger partial charge in [0.05, 0.1) is 0 Å². The summed E-state index contributed by atoms with van der Waals surface area (Å²) in [7, 11) is 0. The summed E-state index contributed by atoms with van der Waals surface area (Å²) in [5.41, 5.74) is 2.47. The molecule has 5 heteroatoms. The van der Waals surface area contributed by atoms with Gasteiger partial charge in [-0.2, -0.15) is 0 Å². The highest BCUT2D eigenvalue weighted by Gasteiger charge is 2.40. The number of anilines is 2. The molecule has 2 atom stereocenters. The molecule has 2 unspecified atom stereocenters. The minimum absolute atomic E-state index is 0.729. The molecule has 0 spiro atoms. The van der Waals surface area contributed by atoms with Crippen LogP contribution in [0, 0.1) is 18.8 Å². The lowest BCUT2D eigenvalue weighted by Gasteiger charge is -2.24. The quantitative estimate of drug-likeness (QED) is 0.839. The Morgan fingerprint density at radius 3 is 2.29 bits per heavy atom. The summed E-state index contributed by atoms with van der Waals surface area (Å²) < 4.78 is 0. The molecule has 2 aromatic heterocycles. The third kappa shape index (κ3) is 2.22. The third-order valence-electron chi connectivity index (χ3n) is 4.68. The zero-order valence-electron chi connectivity index (χ0n) is 12.2. The number of rotatable bonds is 2. The zero-order chi connectivity index (χ0) is 14.2. The van der Waals surface area contributed by atoms with Gasteiger partial charge in [-0.05, 0) is 19.1 Å². The van der Waals surface area contributed by atoms with Crippen molar-refractivity contribution in [3.63, 3.8) is 0 Å². The predicted octanol–water partition coefficient (Wildman–Crippen LogP) is 1.75. The van der Waals surface area contributed by atoms with Crippen molar-refractivity contribution in [1.82, 2.24) is 15.0 Å². The van der Waals surface area contributed by atoms with E-state index in [1.807, 2.05) is 18.6 Å². The fourth-order valence-corrected chi connectivity index (χ4v) is 3.66. The van der Waals surface area contributed by atoms with E-state index < -0.39 is 0 Å². The Kier molecular flexibility index (Phi) is 2.98. The number of aryl methyl sites for hydroxylation is 1. The number of aromatic nitrogens is 3. The fraction of sp³-hybridized carbons (Fsp3) is 0.438. The minimum atomic E-state index is 0.729. The molecule has 0 saturated carbocycles. The molecule has 0 N–H and O–H groups in total. The predicted molar refractivity (Wildman–Crippen MR) is 82.4 cm³/mol. The second-order valence-electron chi connectivity index (χ2n) is 6.06. The van der Waals surface area contributed by atoms with E-state index in [0.717, 1.165) is 43.8 Å². The Morgan fingerprint density at radius 2 is 1.62 bits per heavy atom. The van der Waals surface area contributed by atoms with Gasteiger partial charge in [-0.15, -0.1) is 0 Å². The highest BCUT2D eigenvalue weighted by Crippen LogP contribution is 2.35. The first kappa shape index (κ1) is 12.6. The Hall–Kier alpha value is -2.17. The molecule has 2 saturated heterocycles. The first-order valence-electron chi connectivity index (χ1n) is 7.48. The van der Waals surface area contributed by atoms with Crippen molar-refractivity contribution in [1.29, 1.82) is 0 Å². The van der Waals surface area contributed by atoms with Gasteiger partial charge < -0.3 is 9.80 Å². The van der Waals surface area contributed by atoms with Crippen LogP contribution in [0.5, 0.6) is 0 Å². The van der Waals surface area contributed by atoms with Gasteiger partial charge >= 0.3 is 0 Å². The number of hydrogen-bond donors (Lipinski definition) is 0. The molecule has 108 valence electrons. The van der Waals surface area contributed by atoms with E-state index in [2.05, 4.69) is 43.8 Å². The summed E-state index contributed by atoms with van der Waals surface area (Å²) in [4.78, 5) is 17.6. The van der Waals surface area contributed by atoms with Crippen LogP contribution in [-0.2, 0) is 0 Å². The maximum atomic E-state index is 4.46. The second kappa shape index (κ2) is 4.98. The van der Waals surface area contributed by atoms with Crippen molar-refractivity contribution < 1.29 is 0 Å². The smallest absolute Gasteiger partial charge is 0.134 e. The summed E-state index contributed by atoms with van der Waals surface area (Å²) in [6.07, 6.45) is 7.30. The fourth-order valence-electron chi connectivity index (χ4n) is 3.66. The monoisotopic (exact) mass is 281 g/mol. The van der Waals surface area contributed by atoms with E-state index in [1.165, 1.54) is 11.3 Å². The van der Waals surface area contributed by atoms with Crippen LogP contribution in [0.4, 0.5) is 11.5 Å².